The van der Waals surface area contributed by atoms with Gasteiger partial charge >= 0.3 is 5.84 Å². The fourth-order valence-corrected chi connectivity index (χ4v) is 2.40. The third kappa shape index (κ3) is 5.76. The Morgan fingerprint density at radius 2 is 1.22 bits per heavy atom. The van der Waals surface area contributed by atoms with Crippen molar-refractivity contribution in [3.05, 3.63) is 107 Å². The van der Waals surface area contributed by atoms with Gasteiger partial charge in [0.1, 0.15) is 5.11 Å². The smallest absolute Gasteiger partial charge is 0.352 e. The van der Waals surface area contributed by atoms with Gasteiger partial charge in [0.25, 0.3) is 0 Å². The molecule has 0 aliphatic heterocycles. The van der Waals surface area contributed by atoms with Gasteiger partial charge in [-0.3, -0.25) is 0 Å². The van der Waals surface area contributed by atoms with Crippen LogP contribution in [0.4, 0.5) is 11.4 Å². The molecule has 7 nitrogen and oxygen atoms in total. The summed E-state index contributed by atoms with van der Waals surface area (Å²) in [5, 5.41) is 21.9. The van der Waals surface area contributed by atoms with Crippen LogP contribution in [0.1, 0.15) is 5.56 Å². The van der Waals surface area contributed by atoms with Gasteiger partial charge in [0.05, 0.1) is 10.6 Å². The van der Waals surface area contributed by atoms with Crippen molar-refractivity contribution >= 4 is 17.2 Å². The van der Waals surface area contributed by atoms with Gasteiger partial charge < -0.3 is 34.1 Å². The molecule has 1 N–H and O–H groups in total. The van der Waals surface area contributed by atoms with Crippen molar-refractivity contribution in [3.63, 3.8) is 0 Å². The second kappa shape index (κ2) is 10.2. The van der Waals surface area contributed by atoms with Crippen LogP contribution in [0.15, 0.2) is 106 Å². The van der Waals surface area contributed by atoms with Crippen LogP contribution in [0.5, 0.6) is 0 Å². The van der Waals surface area contributed by atoms with E-state index in [1.807, 2.05) is 78.9 Å². The summed E-state index contributed by atoms with van der Waals surface area (Å²) in [7, 11) is 0. The van der Waals surface area contributed by atoms with Crippen LogP contribution in [0.3, 0.4) is 0 Å². The zero-order chi connectivity index (χ0) is 18.2. The summed E-state index contributed by atoms with van der Waals surface area (Å²) in [5.41, 5.74) is 2.40. The normalized spacial score (nSPS) is 11.4. The first-order valence-electron chi connectivity index (χ1n) is 7.92. The van der Waals surface area contributed by atoms with Crippen LogP contribution < -0.4 is 29.0 Å². The summed E-state index contributed by atoms with van der Waals surface area (Å²) in [6.07, 6.45) is 0. The zero-order valence-electron chi connectivity index (χ0n) is 14.1. The second-order valence-electron chi connectivity index (χ2n) is 5.31. The number of nitro groups is 1. The van der Waals surface area contributed by atoms with Gasteiger partial charge in [-0.05, 0) is 17.2 Å². The van der Waals surface area contributed by atoms with Gasteiger partial charge in [-0.25, -0.2) is 0 Å². The average molecular weight is 473 g/mol. The standard InChI is InChI=1S/C19H15N5O2.HI/c25-24(26)22-20-19(16-10-4-1-5-11-16)21-23(17-12-6-2-7-13-17)18-14-8-3-9-15-18;/h1-15H;1H. The molecule has 0 fully saturated rings. The van der Waals surface area contributed by atoms with Gasteiger partial charge in [-0.2, -0.15) is 0 Å². The molecule has 0 bridgehead atoms. The van der Waals surface area contributed by atoms with Crippen molar-refractivity contribution in [2.45, 2.75) is 0 Å². The number of benzene rings is 3. The molecule has 0 saturated heterocycles. The van der Waals surface area contributed by atoms with Crippen LogP contribution in [0.25, 0.3) is 0 Å². The van der Waals surface area contributed by atoms with E-state index in [1.165, 1.54) is 0 Å². The molecule has 0 radical (unpaired) electrons. The number of halogens is 1. The molecule has 0 aliphatic carbocycles. The number of hydrogen-bond acceptors (Lipinski definition) is 3. The van der Waals surface area contributed by atoms with E-state index in [9.17, 15) is 10.1 Å². The van der Waals surface area contributed by atoms with E-state index in [0.717, 1.165) is 11.4 Å². The molecule has 8 heteroatoms. The molecule has 27 heavy (non-hydrogen) atoms. The lowest BCUT2D eigenvalue weighted by Crippen LogP contribution is -3.00. The van der Waals surface area contributed by atoms with Crippen molar-refractivity contribution in [1.29, 1.82) is 0 Å². The summed E-state index contributed by atoms with van der Waals surface area (Å²) >= 11 is 0. The van der Waals surface area contributed by atoms with E-state index < -0.39 is 5.03 Å². The minimum absolute atomic E-state index is 0. The Morgan fingerprint density at radius 1 is 0.778 bits per heavy atom. The molecule has 3 rings (SSSR count). The summed E-state index contributed by atoms with van der Waals surface area (Å²) in [6, 6.07) is 28.2. The highest BCUT2D eigenvalue weighted by Gasteiger charge is 2.20. The summed E-state index contributed by atoms with van der Waals surface area (Å²) in [5.74, 6) is 0.171. The van der Waals surface area contributed by atoms with Gasteiger partial charge in [-0.15, -0.1) is 5.01 Å². The quantitative estimate of drug-likeness (QED) is 0.147. The minimum Gasteiger partial charge on any atom is -1.00 e. The van der Waals surface area contributed by atoms with E-state index in [0.29, 0.717) is 10.6 Å². The number of para-hydroxylation sites is 2. The second-order valence-corrected chi connectivity index (χ2v) is 5.31. The van der Waals surface area contributed by atoms with Gasteiger partial charge in [0.15, 0.2) is 16.6 Å². The maximum Gasteiger partial charge on any atom is 0.352 e. The third-order valence-corrected chi connectivity index (χ3v) is 3.56. The van der Waals surface area contributed by atoms with Crippen LogP contribution >= 0.6 is 0 Å². The first kappa shape index (κ1) is 20.3. The van der Waals surface area contributed by atoms with E-state index in [1.54, 1.807) is 12.1 Å². The van der Waals surface area contributed by atoms with Crippen LogP contribution in [-0.2, 0) is 0 Å². The molecule has 3 aromatic carbocycles. The molecule has 0 spiro atoms. The monoisotopic (exact) mass is 473 g/mol. The topological polar surface area (TPSA) is 84.7 Å². The molecule has 136 valence electrons. The highest BCUT2D eigenvalue weighted by atomic mass is 127. The average Bonchev–Trinajstić information content (AvgIpc) is 2.70. The Labute approximate surface area is 173 Å². The van der Waals surface area contributed by atoms with Crippen molar-refractivity contribution in [2.24, 2.45) is 15.4 Å². The van der Waals surface area contributed by atoms with E-state index in [4.69, 9.17) is 0 Å². The predicted molar refractivity (Wildman–Crippen MR) is 98.0 cm³/mol. The fraction of sp³-hybridized carbons (Fsp3) is 0. The molecular weight excluding hydrogens is 457 g/mol. The van der Waals surface area contributed by atoms with E-state index >= 15 is 0 Å². The van der Waals surface area contributed by atoms with Crippen molar-refractivity contribution in [3.8, 4) is 0 Å². The third-order valence-electron chi connectivity index (χ3n) is 3.56. The first-order valence-corrected chi connectivity index (χ1v) is 7.92. The number of amidine groups is 1. The lowest BCUT2D eigenvalue weighted by molar-refractivity contribution is -0.767. The molecule has 0 amide bonds. The Hall–Kier alpha value is -2.98. The Balaban J connectivity index is 0.00000261. The Morgan fingerprint density at radius 3 is 1.67 bits per heavy atom. The Bertz CT molecular complexity index is 879. The predicted octanol–water partition coefficient (Wildman–Crippen LogP) is 0.544. The highest BCUT2D eigenvalue weighted by Crippen LogP contribution is 2.09. The van der Waals surface area contributed by atoms with Crippen LogP contribution in [0, 0.1) is 10.1 Å². The van der Waals surface area contributed by atoms with Crippen molar-refractivity contribution in [2.75, 3.05) is 0 Å². The fourth-order valence-electron chi connectivity index (χ4n) is 2.40. The number of nitrogens with zero attached hydrogens (tertiary/aromatic N) is 4. The summed E-state index contributed by atoms with van der Waals surface area (Å²) in [6.45, 7) is 0. The van der Waals surface area contributed by atoms with Gasteiger partial charge in [0.2, 0.25) is 0 Å². The van der Waals surface area contributed by atoms with E-state index in [-0.39, 0.29) is 29.8 Å². The summed E-state index contributed by atoms with van der Waals surface area (Å²) < 4.78 is 0. The largest absolute Gasteiger partial charge is 1.00 e. The minimum atomic E-state index is -0.844. The van der Waals surface area contributed by atoms with Gasteiger partial charge in [0, 0.05) is 24.3 Å². The van der Waals surface area contributed by atoms with Gasteiger partial charge in [-0.1, -0.05) is 54.6 Å². The molecule has 0 aromatic heterocycles. The molecular formula is C19H16IN5O2. The van der Waals surface area contributed by atoms with Crippen LogP contribution in [0.2, 0.25) is 0 Å². The molecule has 0 unspecified atom stereocenters. The summed E-state index contributed by atoms with van der Waals surface area (Å²) in [4.78, 5) is 10.6. The Kier molecular flexibility index (Phi) is 7.71. The van der Waals surface area contributed by atoms with Crippen molar-refractivity contribution < 1.29 is 34.0 Å². The van der Waals surface area contributed by atoms with Crippen molar-refractivity contribution in [1.82, 2.24) is 0 Å². The zero-order valence-corrected chi connectivity index (χ0v) is 16.3. The lowest BCUT2D eigenvalue weighted by Gasteiger charge is -2.11. The SMILES string of the molecule is O=[N+]([O-])N=NC(=N[NH+](c1ccccc1)c1ccccc1)c1ccccc1.[I-]. The molecule has 0 saturated carbocycles. The van der Waals surface area contributed by atoms with Crippen LogP contribution in [-0.4, -0.2) is 10.9 Å². The molecule has 0 atom stereocenters. The number of nitrogens with one attached hydrogen (secondary N) is 1. The van der Waals surface area contributed by atoms with E-state index in [2.05, 4.69) is 15.4 Å². The lowest BCUT2D eigenvalue weighted by atomic mass is 10.2. The molecule has 0 aliphatic rings. The number of quaternary nitrogens is 1. The number of hydrogen-bond donors (Lipinski definition) is 1. The highest BCUT2D eigenvalue weighted by molar-refractivity contribution is 5.98. The maximum atomic E-state index is 10.6. The number of rotatable bonds is 5. The molecule has 3 aromatic rings. The molecule has 0 heterocycles. The first-order chi connectivity index (χ1) is 12.7. The maximum absolute atomic E-state index is 10.6.